The molecule has 0 spiro atoms. The van der Waals surface area contributed by atoms with Crippen molar-refractivity contribution in [1.82, 2.24) is 15.1 Å². The van der Waals surface area contributed by atoms with Crippen LogP contribution in [-0.2, 0) is 0 Å². The second-order valence-electron chi connectivity index (χ2n) is 6.86. The Bertz CT molecular complexity index is 501. The molecule has 2 fully saturated rings. The molecule has 2 N–H and O–H groups in total. The first-order valence-corrected chi connectivity index (χ1v) is 9.36. The highest BCUT2D eigenvalue weighted by Crippen LogP contribution is 2.43. The monoisotopic (exact) mass is 352 g/mol. The van der Waals surface area contributed by atoms with Crippen molar-refractivity contribution in [3.63, 3.8) is 0 Å². The van der Waals surface area contributed by atoms with E-state index >= 15 is 0 Å². The molecule has 116 valence electrons. The van der Waals surface area contributed by atoms with Crippen LogP contribution in [0, 0.1) is 5.92 Å². The van der Waals surface area contributed by atoms with Gasteiger partial charge in [-0.3, -0.25) is 0 Å². The average Bonchev–Trinajstić information content (AvgIpc) is 3.16. The first-order chi connectivity index (χ1) is 10.3. The molecule has 1 saturated heterocycles. The maximum Gasteiger partial charge on any atom is 0.139 e. The Morgan fingerprint density at radius 2 is 1.90 bits per heavy atom. The summed E-state index contributed by atoms with van der Waals surface area (Å²) < 4.78 is 3.56. The van der Waals surface area contributed by atoms with Crippen LogP contribution in [0.25, 0.3) is 0 Å². The van der Waals surface area contributed by atoms with Crippen molar-refractivity contribution in [3.05, 3.63) is 10.2 Å². The molecule has 1 aromatic rings. The van der Waals surface area contributed by atoms with Gasteiger partial charge in [-0.25, -0.2) is 4.68 Å². The average molecular weight is 353 g/mol. The third kappa shape index (κ3) is 2.52. The fraction of sp³-hybridized carbons (Fsp3) is 0.812. The Morgan fingerprint density at radius 3 is 2.67 bits per heavy atom. The van der Waals surface area contributed by atoms with Gasteiger partial charge in [0.25, 0.3) is 0 Å². The molecular weight excluding hydrogens is 328 g/mol. The van der Waals surface area contributed by atoms with Crippen LogP contribution in [0.3, 0.4) is 0 Å². The summed E-state index contributed by atoms with van der Waals surface area (Å²) in [5.74, 6) is 2.64. The number of nitrogens with zero attached hydrogens (tertiary/aromatic N) is 2. The zero-order chi connectivity index (χ0) is 14.2. The maximum absolute atomic E-state index is 5.07. The predicted molar refractivity (Wildman–Crippen MR) is 88.9 cm³/mol. The summed E-state index contributed by atoms with van der Waals surface area (Å²) in [5, 5.41) is 12.2. The van der Waals surface area contributed by atoms with E-state index in [-0.39, 0.29) is 0 Å². The van der Waals surface area contributed by atoms with Crippen molar-refractivity contribution in [3.8, 4) is 0 Å². The highest BCUT2D eigenvalue weighted by atomic mass is 79.9. The number of halogens is 1. The van der Waals surface area contributed by atoms with Gasteiger partial charge in [-0.1, -0.05) is 12.8 Å². The number of hydrogen-bond donors (Lipinski definition) is 2. The quantitative estimate of drug-likeness (QED) is 0.853. The van der Waals surface area contributed by atoms with Crippen LogP contribution >= 0.6 is 15.9 Å². The zero-order valence-corrected chi connectivity index (χ0v) is 14.2. The van der Waals surface area contributed by atoms with Gasteiger partial charge in [-0.15, -0.1) is 0 Å². The molecule has 0 aromatic carbocycles. The number of rotatable bonds is 2. The number of hydrogen-bond acceptors (Lipinski definition) is 3. The van der Waals surface area contributed by atoms with Crippen LogP contribution in [0.2, 0.25) is 0 Å². The molecule has 5 heteroatoms. The molecule has 2 unspecified atom stereocenters. The number of aromatic nitrogens is 2. The number of anilines is 1. The normalized spacial score (nSPS) is 30.1. The van der Waals surface area contributed by atoms with Gasteiger partial charge in [0.15, 0.2) is 0 Å². The summed E-state index contributed by atoms with van der Waals surface area (Å²) in [5.41, 5.74) is 1.31. The van der Waals surface area contributed by atoms with Gasteiger partial charge in [0.05, 0.1) is 16.2 Å². The third-order valence-corrected chi connectivity index (χ3v) is 6.33. The highest BCUT2D eigenvalue weighted by Gasteiger charge is 2.34. The van der Waals surface area contributed by atoms with Gasteiger partial charge in [0.1, 0.15) is 5.82 Å². The van der Waals surface area contributed by atoms with E-state index in [2.05, 4.69) is 31.2 Å². The first kappa shape index (κ1) is 14.1. The van der Waals surface area contributed by atoms with E-state index in [1.165, 1.54) is 67.5 Å². The Morgan fingerprint density at radius 1 is 1.05 bits per heavy atom. The van der Waals surface area contributed by atoms with E-state index < -0.39 is 0 Å². The molecule has 0 radical (unpaired) electrons. The molecule has 21 heavy (non-hydrogen) atoms. The van der Waals surface area contributed by atoms with Gasteiger partial charge in [0.2, 0.25) is 0 Å². The largest absolute Gasteiger partial charge is 0.369 e. The van der Waals surface area contributed by atoms with Gasteiger partial charge in [0, 0.05) is 12.5 Å². The molecule has 3 heterocycles. The number of piperidine rings is 1. The predicted octanol–water partition coefficient (Wildman–Crippen LogP) is 3.66. The lowest BCUT2D eigenvalue weighted by atomic mass is 9.89. The van der Waals surface area contributed by atoms with Gasteiger partial charge >= 0.3 is 0 Å². The molecule has 0 amide bonds. The molecular formula is C16H25BrN4. The van der Waals surface area contributed by atoms with Crippen LogP contribution in [-0.4, -0.2) is 29.4 Å². The van der Waals surface area contributed by atoms with E-state index in [0.29, 0.717) is 12.0 Å². The van der Waals surface area contributed by atoms with Crippen molar-refractivity contribution in [2.24, 2.45) is 5.92 Å². The van der Waals surface area contributed by atoms with E-state index in [0.717, 1.165) is 19.0 Å². The maximum atomic E-state index is 5.07. The van der Waals surface area contributed by atoms with Crippen molar-refractivity contribution in [2.45, 2.75) is 56.9 Å². The lowest BCUT2D eigenvalue weighted by Crippen LogP contribution is -2.38. The number of nitrogens with one attached hydrogen (secondary N) is 2. The molecule has 1 aliphatic carbocycles. The SMILES string of the molecule is Brc1c(C2CCCC2)nn2c1NCCC2C1CCCNC1. The summed E-state index contributed by atoms with van der Waals surface area (Å²) in [7, 11) is 0. The summed E-state index contributed by atoms with van der Waals surface area (Å²) in [6.07, 6.45) is 9.20. The summed E-state index contributed by atoms with van der Waals surface area (Å²) >= 11 is 3.84. The second-order valence-corrected chi connectivity index (χ2v) is 7.66. The Balaban J connectivity index is 1.65. The van der Waals surface area contributed by atoms with Gasteiger partial charge in [-0.05, 0) is 67.0 Å². The van der Waals surface area contributed by atoms with E-state index in [1.807, 2.05) is 0 Å². The first-order valence-electron chi connectivity index (χ1n) is 8.57. The minimum absolute atomic E-state index is 0.570. The summed E-state index contributed by atoms with van der Waals surface area (Å²) in [6, 6.07) is 0.570. The lowest BCUT2D eigenvalue weighted by molar-refractivity contribution is 0.234. The van der Waals surface area contributed by atoms with Crippen LogP contribution in [0.5, 0.6) is 0 Å². The number of fused-ring (bicyclic) bond motifs is 1. The van der Waals surface area contributed by atoms with E-state index in [9.17, 15) is 0 Å². The smallest absolute Gasteiger partial charge is 0.139 e. The summed E-state index contributed by atoms with van der Waals surface area (Å²) in [4.78, 5) is 0. The van der Waals surface area contributed by atoms with Gasteiger partial charge < -0.3 is 10.6 Å². The van der Waals surface area contributed by atoms with Gasteiger partial charge in [-0.2, -0.15) is 5.10 Å². The molecule has 2 aliphatic heterocycles. The minimum atomic E-state index is 0.570. The molecule has 2 atom stereocenters. The van der Waals surface area contributed by atoms with Crippen LogP contribution in [0.15, 0.2) is 4.47 Å². The highest BCUT2D eigenvalue weighted by molar-refractivity contribution is 9.10. The third-order valence-electron chi connectivity index (χ3n) is 5.55. The topological polar surface area (TPSA) is 41.9 Å². The molecule has 1 aromatic heterocycles. The molecule has 4 nitrogen and oxygen atoms in total. The molecule has 3 aliphatic rings. The zero-order valence-electron chi connectivity index (χ0n) is 12.6. The second kappa shape index (κ2) is 5.92. The minimum Gasteiger partial charge on any atom is -0.369 e. The van der Waals surface area contributed by atoms with E-state index in [4.69, 9.17) is 5.10 Å². The van der Waals surface area contributed by atoms with Crippen LogP contribution in [0.1, 0.15) is 62.6 Å². The van der Waals surface area contributed by atoms with Crippen LogP contribution in [0.4, 0.5) is 5.82 Å². The lowest BCUT2D eigenvalue weighted by Gasteiger charge is -2.34. The fourth-order valence-electron chi connectivity index (χ4n) is 4.39. The summed E-state index contributed by atoms with van der Waals surface area (Å²) in [6.45, 7) is 3.42. The van der Waals surface area contributed by atoms with E-state index in [1.54, 1.807) is 0 Å². The molecule has 1 saturated carbocycles. The van der Waals surface area contributed by atoms with Crippen LogP contribution < -0.4 is 10.6 Å². The Labute approximate surface area is 135 Å². The fourth-order valence-corrected chi connectivity index (χ4v) is 5.12. The Hall–Kier alpha value is -0.550. The van der Waals surface area contributed by atoms with Crippen molar-refractivity contribution in [2.75, 3.05) is 25.0 Å². The van der Waals surface area contributed by atoms with Crippen molar-refractivity contribution < 1.29 is 0 Å². The molecule has 4 rings (SSSR count). The molecule has 0 bridgehead atoms. The van der Waals surface area contributed by atoms with Crippen molar-refractivity contribution >= 4 is 21.7 Å². The Kier molecular flexibility index (Phi) is 3.96. The van der Waals surface area contributed by atoms with Crippen molar-refractivity contribution in [1.29, 1.82) is 0 Å². The standard InChI is InChI=1S/C16H25BrN4/c17-14-15(11-4-1-2-5-11)20-21-13(7-9-19-16(14)21)12-6-3-8-18-10-12/h11-13,18-19H,1-10H2.